The molecule has 2 rings (SSSR count). The third-order valence-corrected chi connectivity index (χ3v) is 3.02. The van der Waals surface area contributed by atoms with Crippen LogP contribution < -0.4 is 10.6 Å². The Kier molecular flexibility index (Phi) is 4.29. The maximum atomic E-state index is 11.8. The van der Waals surface area contributed by atoms with E-state index in [-0.39, 0.29) is 12.1 Å². The Bertz CT molecular complexity index is 571. The normalized spacial score (nSPS) is 11.9. The monoisotopic (exact) mass is 298 g/mol. The fourth-order valence-corrected chi connectivity index (χ4v) is 1.87. The van der Waals surface area contributed by atoms with E-state index >= 15 is 0 Å². The topological polar surface area (TPSA) is 69.8 Å². The van der Waals surface area contributed by atoms with Crippen molar-refractivity contribution < 1.29 is 4.79 Å². The highest BCUT2D eigenvalue weighted by Gasteiger charge is 2.12. The van der Waals surface area contributed by atoms with E-state index in [0.29, 0.717) is 21.6 Å². The van der Waals surface area contributed by atoms with Gasteiger partial charge in [-0.3, -0.25) is 0 Å². The molecule has 19 heavy (non-hydrogen) atoms. The van der Waals surface area contributed by atoms with Gasteiger partial charge >= 0.3 is 6.03 Å². The molecule has 2 amide bonds. The fraction of sp³-hybridized carbons (Fsp3) is 0.167. The van der Waals surface area contributed by atoms with Crippen molar-refractivity contribution in [2.75, 3.05) is 5.32 Å². The molecule has 1 aromatic heterocycles. The lowest BCUT2D eigenvalue weighted by molar-refractivity contribution is 0.249. The van der Waals surface area contributed by atoms with Crippen LogP contribution in [0.2, 0.25) is 10.0 Å². The zero-order valence-corrected chi connectivity index (χ0v) is 11.6. The third kappa shape index (κ3) is 3.62. The van der Waals surface area contributed by atoms with Crippen molar-refractivity contribution in [1.82, 2.24) is 15.3 Å². The molecule has 0 spiro atoms. The summed E-state index contributed by atoms with van der Waals surface area (Å²) in [7, 11) is 0. The number of carbonyl (C=O) groups is 1. The third-order valence-electron chi connectivity index (χ3n) is 2.45. The number of imidazole rings is 1. The molecule has 1 aromatic carbocycles. The van der Waals surface area contributed by atoms with Gasteiger partial charge < -0.3 is 15.6 Å². The molecule has 0 bridgehead atoms. The number of hydrogen-bond acceptors (Lipinski definition) is 2. The molecule has 2 aromatic rings. The van der Waals surface area contributed by atoms with Crippen molar-refractivity contribution in [3.05, 3.63) is 46.5 Å². The lowest BCUT2D eigenvalue weighted by Gasteiger charge is -2.13. The molecule has 1 atom stereocenters. The highest BCUT2D eigenvalue weighted by Crippen LogP contribution is 2.25. The predicted molar refractivity (Wildman–Crippen MR) is 75.6 cm³/mol. The second kappa shape index (κ2) is 5.95. The van der Waals surface area contributed by atoms with Gasteiger partial charge in [0.05, 0.1) is 16.8 Å². The van der Waals surface area contributed by atoms with Gasteiger partial charge in [-0.2, -0.15) is 0 Å². The second-order valence-electron chi connectivity index (χ2n) is 3.92. The molecular formula is C12H12Cl2N4O. The van der Waals surface area contributed by atoms with Crippen LogP contribution in [0.1, 0.15) is 18.8 Å². The maximum absolute atomic E-state index is 11.8. The number of nitrogens with zero attached hydrogens (tertiary/aromatic N) is 1. The molecule has 3 N–H and O–H groups in total. The number of hydrogen-bond donors (Lipinski definition) is 3. The van der Waals surface area contributed by atoms with Gasteiger partial charge in [0.25, 0.3) is 0 Å². The first kappa shape index (κ1) is 13.7. The summed E-state index contributed by atoms with van der Waals surface area (Å²) in [6, 6.07) is 4.23. The van der Waals surface area contributed by atoms with E-state index in [2.05, 4.69) is 20.6 Å². The van der Waals surface area contributed by atoms with Gasteiger partial charge in [0.15, 0.2) is 0 Å². The van der Waals surface area contributed by atoms with Crippen LogP contribution in [0.15, 0.2) is 30.6 Å². The summed E-state index contributed by atoms with van der Waals surface area (Å²) in [6.07, 6.45) is 3.32. The number of aromatic amines is 1. The van der Waals surface area contributed by atoms with Gasteiger partial charge in [-0.05, 0) is 25.1 Å². The van der Waals surface area contributed by atoms with Crippen LogP contribution in [-0.2, 0) is 0 Å². The van der Waals surface area contributed by atoms with Crippen LogP contribution in [0, 0.1) is 0 Å². The molecular weight excluding hydrogens is 287 g/mol. The number of rotatable bonds is 3. The lowest BCUT2D eigenvalue weighted by atomic mass is 10.3. The highest BCUT2D eigenvalue weighted by atomic mass is 35.5. The Morgan fingerprint density at radius 3 is 2.89 bits per heavy atom. The van der Waals surface area contributed by atoms with Crippen LogP contribution >= 0.6 is 23.2 Å². The van der Waals surface area contributed by atoms with Crippen molar-refractivity contribution in [2.45, 2.75) is 13.0 Å². The summed E-state index contributed by atoms with van der Waals surface area (Å²) in [5.74, 6) is 0.673. The van der Waals surface area contributed by atoms with Gasteiger partial charge in [-0.25, -0.2) is 9.78 Å². The van der Waals surface area contributed by atoms with Gasteiger partial charge in [-0.15, -0.1) is 0 Å². The average Bonchev–Trinajstić information content (AvgIpc) is 2.87. The van der Waals surface area contributed by atoms with Crippen molar-refractivity contribution in [3.63, 3.8) is 0 Å². The summed E-state index contributed by atoms with van der Waals surface area (Å²) in [6.45, 7) is 1.82. The van der Waals surface area contributed by atoms with Gasteiger partial charge in [0, 0.05) is 17.4 Å². The standard InChI is InChI=1S/C12H12Cl2N4O/c1-7(11-15-4-5-16-11)17-12(19)18-10-6-8(13)2-3-9(10)14/h2-7H,1H3,(H,15,16)(H2,17,18,19). The first-order valence-electron chi connectivity index (χ1n) is 5.58. The molecule has 7 heteroatoms. The van der Waals surface area contributed by atoms with Crippen LogP contribution in [0.3, 0.4) is 0 Å². The largest absolute Gasteiger partial charge is 0.347 e. The number of nitrogens with one attached hydrogen (secondary N) is 3. The molecule has 1 heterocycles. The molecule has 0 radical (unpaired) electrons. The average molecular weight is 299 g/mol. The maximum Gasteiger partial charge on any atom is 0.319 e. The minimum Gasteiger partial charge on any atom is -0.347 e. The fourth-order valence-electron chi connectivity index (χ4n) is 1.53. The van der Waals surface area contributed by atoms with Gasteiger partial charge in [-0.1, -0.05) is 23.2 Å². The van der Waals surface area contributed by atoms with E-state index in [1.165, 1.54) is 0 Å². The minimum absolute atomic E-state index is 0.243. The Morgan fingerprint density at radius 2 is 2.21 bits per heavy atom. The van der Waals surface area contributed by atoms with E-state index < -0.39 is 0 Å². The number of H-pyrrole nitrogens is 1. The number of carbonyl (C=O) groups excluding carboxylic acids is 1. The van der Waals surface area contributed by atoms with Crippen molar-refractivity contribution >= 4 is 34.9 Å². The molecule has 0 aliphatic carbocycles. The number of urea groups is 1. The Hall–Kier alpha value is -1.72. The number of anilines is 1. The smallest absolute Gasteiger partial charge is 0.319 e. The molecule has 0 saturated heterocycles. The van der Waals surface area contributed by atoms with E-state index in [1.807, 2.05) is 6.92 Å². The molecule has 1 unspecified atom stereocenters. The summed E-state index contributed by atoms with van der Waals surface area (Å²) < 4.78 is 0. The van der Waals surface area contributed by atoms with Crippen LogP contribution in [-0.4, -0.2) is 16.0 Å². The highest BCUT2D eigenvalue weighted by molar-refractivity contribution is 6.35. The first-order valence-corrected chi connectivity index (χ1v) is 6.33. The lowest BCUT2D eigenvalue weighted by Crippen LogP contribution is -2.31. The summed E-state index contributed by atoms with van der Waals surface area (Å²) in [5, 5.41) is 6.29. The quantitative estimate of drug-likeness (QED) is 0.810. The Labute approximate surface area is 120 Å². The minimum atomic E-state index is -0.381. The van der Waals surface area contributed by atoms with Crippen LogP contribution in [0.4, 0.5) is 10.5 Å². The number of amides is 2. The predicted octanol–water partition coefficient (Wildman–Crippen LogP) is 3.60. The van der Waals surface area contributed by atoms with Crippen LogP contribution in [0.25, 0.3) is 0 Å². The first-order chi connectivity index (χ1) is 9.06. The van der Waals surface area contributed by atoms with E-state index in [0.717, 1.165) is 0 Å². The van der Waals surface area contributed by atoms with Gasteiger partial charge in [0.1, 0.15) is 5.82 Å². The molecule has 5 nitrogen and oxygen atoms in total. The zero-order valence-electron chi connectivity index (χ0n) is 10.1. The molecule has 0 fully saturated rings. The number of halogens is 2. The summed E-state index contributed by atoms with van der Waals surface area (Å²) in [5.41, 5.74) is 0.457. The summed E-state index contributed by atoms with van der Waals surface area (Å²) >= 11 is 11.8. The van der Waals surface area contributed by atoms with Crippen LogP contribution in [0.5, 0.6) is 0 Å². The molecule has 0 aliphatic rings. The zero-order chi connectivity index (χ0) is 13.8. The molecule has 100 valence electrons. The Balaban J connectivity index is 1.99. The van der Waals surface area contributed by atoms with Crippen molar-refractivity contribution in [1.29, 1.82) is 0 Å². The van der Waals surface area contributed by atoms with Gasteiger partial charge in [0.2, 0.25) is 0 Å². The number of aromatic nitrogens is 2. The molecule has 0 aliphatic heterocycles. The Morgan fingerprint density at radius 1 is 1.42 bits per heavy atom. The van der Waals surface area contributed by atoms with Crippen molar-refractivity contribution in [2.24, 2.45) is 0 Å². The van der Waals surface area contributed by atoms with E-state index in [9.17, 15) is 4.79 Å². The van der Waals surface area contributed by atoms with E-state index in [1.54, 1.807) is 30.6 Å². The molecule has 0 saturated carbocycles. The number of benzene rings is 1. The van der Waals surface area contributed by atoms with E-state index in [4.69, 9.17) is 23.2 Å². The second-order valence-corrected chi connectivity index (χ2v) is 4.76. The summed E-state index contributed by atoms with van der Waals surface area (Å²) in [4.78, 5) is 18.8. The van der Waals surface area contributed by atoms with Crippen molar-refractivity contribution in [3.8, 4) is 0 Å². The SMILES string of the molecule is CC(NC(=O)Nc1cc(Cl)ccc1Cl)c1ncc[nH]1.